The van der Waals surface area contributed by atoms with Crippen molar-refractivity contribution in [2.24, 2.45) is 0 Å². The molecule has 7 nitrogen and oxygen atoms in total. The maximum Gasteiger partial charge on any atom is 0.417 e. The minimum atomic E-state index is -4.93. The van der Waals surface area contributed by atoms with E-state index < -0.39 is 51.3 Å². The number of nitrogens with one attached hydrogen (secondary N) is 1. The Morgan fingerprint density at radius 2 is 2.00 bits per heavy atom. The summed E-state index contributed by atoms with van der Waals surface area (Å²) in [5.74, 6) is -2.01. The molecule has 4 heterocycles. The van der Waals surface area contributed by atoms with Crippen LogP contribution in [0.15, 0.2) is 27.9 Å². The van der Waals surface area contributed by atoms with E-state index in [1.165, 1.54) is 11.7 Å². The summed E-state index contributed by atoms with van der Waals surface area (Å²) in [6.07, 6.45) is -5.46. The molecule has 208 valence electrons. The molecule has 3 aliphatic heterocycles. The summed E-state index contributed by atoms with van der Waals surface area (Å²) < 4.78 is 85.7. The second kappa shape index (κ2) is 9.88. The minimum Gasteiger partial charge on any atom is -0.379 e. The van der Waals surface area contributed by atoms with Crippen molar-refractivity contribution >= 4 is 40.1 Å². The Bertz CT molecular complexity index is 1530. The van der Waals surface area contributed by atoms with Crippen LogP contribution in [0.3, 0.4) is 0 Å². The number of benzene rings is 2. The van der Waals surface area contributed by atoms with Gasteiger partial charge in [-0.1, -0.05) is 11.6 Å². The van der Waals surface area contributed by atoms with E-state index in [4.69, 9.17) is 21.1 Å². The highest BCUT2D eigenvalue weighted by Gasteiger charge is 2.41. The van der Waals surface area contributed by atoms with Crippen molar-refractivity contribution in [2.45, 2.75) is 35.8 Å². The van der Waals surface area contributed by atoms with E-state index >= 15 is 4.39 Å². The molecule has 2 saturated heterocycles. The average molecular weight is 589 g/mol. The van der Waals surface area contributed by atoms with Crippen molar-refractivity contribution < 1.29 is 31.4 Å². The third-order valence-corrected chi connectivity index (χ3v) is 8.91. The van der Waals surface area contributed by atoms with Crippen LogP contribution in [0.2, 0.25) is 5.02 Å². The van der Waals surface area contributed by atoms with Gasteiger partial charge in [-0.15, -0.1) is 11.8 Å². The van der Waals surface area contributed by atoms with Crippen LogP contribution >= 0.6 is 23.4 Å². The Morgan fingerprint density at radius 3 is 2.74 bits per heavy atom. The molecule has 0 saturated carbocycles. The molecular formula is C25H22ClF5N4O3S. The van der Waals surface area contributed by atoms with Crippen molar-refractivity contribution in [3.8, 4) is 11.1 Å². The van der Waals surface area contributed by atoms with Gasteiger partial charge < -0.3 is 19.7 Å². The van der Waals surface area contributed by atoms with Gasteiger partial charge >= 0.3 is 11.9 Å². The van der Waals surface area contributed by atoms with Gasteiger partial charge in [-0.05, 0) is 12.1 Å². The van der Waals surface area contributed by atoms with Crippen LogP contribution in [0.4, 0.5) is 27.8 Å². The van der Waals surface area contributed by atoms with E-state index in [0.29, 0.717) is 32.4 Å². The molecule has 39 heavy (non-hydrogen) atoms. The number of thioether (sulfide) groups is 1. The second-order valence-corrected chi connectivity index (χ2v) is 11.1. The van der Waals surface area contributed by atoms with Crippen LogP contribution in [0.5, 0.6) is 0 Å². The van der Waals surface area contributed by atoms with E-state index in [1.807, 2.05) is 4.90 Å². The zero-order valence-electron chi connectivity index (χ0n) is 20.4. The zero-order valence-corrected chi connectivity index (χ0v) is 22.0. The summed E-state index contributed by atoms with van der Waals surface area (Å²) in [6, 6.07) is 1.90. The lowest BCUT2D eigenvalue weighted by atomic mass is 9.95. The van der Waals surface area contributed by atoms with Crippen molar-refractivity contribution in [3.05, 3.63) is 50.9 Å². The highest BCUT2D eigenvalue weighted by Crippen LogP contribution is 2.49. The predicted molar refractivity (Wildman–Crippen MR) is 137 cm³/mol. The Kier molecular flexibility index (Phi) is 6.78. The number of methoxy groups -OCH3 is 1. The molecule has 0 radical (unpaired) electrons. The van der Waals surface area contributed by atoms with Crippen LogP contribution < -0.4 is 15.9 Å². The van der Waals surface area contributed by atoms with Crippen LogP contribution in [0.25, 0.3) is 22.0 Å². The lowest BCUT2D eigenvalue weighted by molar-refractivity contribution is -0.137. The maximum atomic E-state index is 15.2. The van der Waals surface area contributed by atoms with E-state index in [2.05, 4.69) is 10.3 Å². The molecule has 2 aromatic carbocycles. The Labute approximate surface area is 228 Å². The number of hydrogen-bond acceptors (Lipinski definition) is 7. The Balaban J connectivity index is 1.73. The average Bonchev–Trinajstić information content (AvgIpc) is 3.29. The monoisotopic (exact) mass is 588 g/mol. The fraction of sp³-hybridized carbons (Fsp3) is 0.440. The molecule has 3 aromatic rings. The molecule has 3 aliphatic rings. The van der Waals surface area contributed by atoms with Gasteiger partial charge in [0.2, 0.25) is 0 Å². The van der Waals surface area contributed by atoms with Crippen LogP contribution in [0, 0.1) is 11.6 Å². The van der Waals surface area contributed by atoms with E-state index in [-0.39, 0.29) is 46.0 Å². The molecule has 3 atom stereocenters. The first-order valence-electron chi connectivity index (χ1n) is 12.2. The fourth-order valence-corrected chi connectivity index (χ4v) is 7.03. The zero-order chi connectivity index (χ0) is 27.6. The van der Waals surface area contributed by atoms with Crippen LogP contribution in [-0.4, -0.2) is 66.9 Å². The number of hydrogen-bond donors (Lipinski definition) is 1. The number of rotatable bonds is 3. The normalized spacial score (nSPS) is 23.3. The maximum absolute atomic E-state index is 15.2. The molecule has 14 heteroatoms. The molecule has 0 spiro atoms. The third-order valence-electron chi connectivity index (χ3n) is 7.40. The summed E-state index contributed by atoms with van der Waals surface area (Å²) in [5.41, 5.74) is -2.65. The predicted octanol–water partition coefficient (Wildman–Crippen LogP) is 4.31. The fourth-order valence-electron chi connectivity index (χ4n) is 5.55. The molecule has 0 bridgehead atoms. The van der Waals surface area contributed by atoms with Gasteiger partial charge in [0.25, 0.3) is 0 Å². The molecule has 1 N–H and O–H groups in total. The van der Waals surface area contributed by atoms with Gasteiger partial charge in [-0.3, -0.25) is 4.57 Å². The molecule has 0 amide bonds. The van der Waals surface area contributed by atoms with Gasteiger partial charge in [-0.25, -0.2) is 13.6 Å². The summed E-state index contributed by atoms with van der Waals surface area (Å²) in [7, 11) is 1.44. The SMILES string of the molecule is CO[C@@H]1CSc2c(-c3cc(Cl)c(F)cc3F)c(C(F)(F)F)cc3c(N4CCN[C@H]5COC[C@H]54)nc(=O)n(c23)C1. The smallest absolute Gasteiger partial charge is 0.379 e. The van der Waals surface area contributed by atoms with Gasteiger partial charge in [-0.2, -0.15) is 18.2 Å². The highest BCUT2D eigenvalue weighted by molar-refractivity contribution is 7.99. The molecule has 6 rings (SSSR count). The Morgan fingerprint density at radius 1 is 1.21 bits per heavy atom. The molecule has 1 aromatic heterocycles. The quantitative estimate of drug-likeness (QED) is 0.361. The van der Waals surface area contributed by atoms with E-state index in [9.17, 15) is 22.4 Å². The molecular weight excluding hydrogens is 567 g/mol. The summed E-state index contributed by atoms with van der Waals surface area (Å²) in [6.45, 7) is 1.70. The Hall–Kier alpha value is -2.45. The number of fused-ring (bicyclic) bond motifs is 1. The number of alkyl halides is 3. The first-order valence-corrected chi connectivity index (χ1v) is 13.5. The summed E-state index contributed by atoms with van der Waals surface area (Å²) >= 11 is 6.92. The molecule has 2 fully saturated rings. The first-order chi connectivity index (χ1) is 18.6. The third kappa shape index (κ3) is 4.48. The number of halogens is 6. The molecule has 0 unspecified atom stereocenters. The number of aromatic nitrogens is 2. The first kappa shape index (κ1) is 26.8. The number of ether oxygens (including phenoxy) is 2. The van der Waals surface area contributed by atoms with Crippen molar-refractivity contribution in [3.63, 3.8) is 0 Å². The largest absolute Gasteiger partial charge is 0.417 e. The van der Waals surface area contributed by atoms with Gasteiger partial charge in [0, 0.05) is 53.4 Å². The number of anilines is 1. The van der Waals surface area contributed by atoms with E-state index in [1.54, 1.807) is 0 Å². The number of piperazine rings is 1. The van der Waals surface area contributed by atoms with Crippen molar-refractivity contribution in [2.75, 3.05) is 44.1 Å². The van der Waals surface area contributed by atoms with Crippen molar-refractivity contribution in [1.82, 2.24) is 14.9 Å². The molecule has 0 aliphatic carbocycles. The van der Waals surface area contributed by atoms with E-state index in [0.717, 1.165) is 23.9 Å². The minimum absolute atomic E-state index is 0.0241. The standard InChI is InChI=1S/C25H22ClF5N4O3S/c1-37-11-7-35-21-13(23(33-24(35)36)34-3-2-32-18-8-38-9-19(18)34)4-14(25(29,30)31)20(22(21)39-10-11)12-5-15(26)17(28)6-16(12)27/h4-6,11,18-19,32H,2-3,7-10H2,1H3/t11-,18-,19+/m0/s1. The highest BCUT2D eigenvalue weighted by atomic mass is 35.5. The van der Waals surface area contributed by atoms with Crippen LogP contribution in [-0.2, 0) is 22.2 Å². The van der Waals surface area contributed by atoms with Crippen molar-refractivity contribution in [1.29, 1.82) is 0 Å². The second-order valence-electron chi connectivity index (χ2n) is 9.62. The summed E-state index contributed by atoms with van der Waals surface area (Å²) in [4.78, 5) is 19.6. The topological polar surface area (TPSA) is 68.6 Å². The lowest BCUT2D eigenvalue weighted by Crippen LogP contribution is -2.58. The van der Waals surface area contributed by atoms with Crippen LogP contribution in [0.1, 0.15) is 5.56 Å². The van der Waals surface area contributed by atoms with Gasteiger partial charge in [0.05, 0.1) is 54.0 Å². The number of nitrogens with zero attached hydrogens (tertiary/aromatic N) is 3. The van der Waals surface area contributed by atoms with Gasteiger partial charge in [0.1, 0.15) is 17.5 Å². The summed E-state index contributed by atoms with van der Waals surface area (Å²) in [5, 5.41) is 2.91. The van der Waals surface area contributed by atoms with Gasteiger partial charge in [0.15, 0.2) is 0 Å². The lowest BCUT2D eigenvalue weighted by Gasteiger charge is -2.38.